The number of carbonyl (C=O) groups excluding carboxylic acids is 1. The molecule has 0 aromatic carbocycles. The Bertz CT molecular complexity index is 722. The first kappa shape index (κ1) is 18.3. The predicted octanol–water partition coefficient (Wildman–Crippen LogP) is 3.11. The molecule has 0 unspecified atom stereocenters. The molecule has 0 radical (unpaired) electrons. The van der Waals surface area contributed by atoms with Crippen LogP contribution in [0.25, 0.3) is 5.65 Å². The molecule has 3 rings (SSSR count). The summed E-state index contributed by atoms with van der Waals surface area (Å²) in [5.74, 6) is 1.24. The fourth-order valence-electron chi connectivity index (χ4n) is 3.39. The van der Waals surface area contributed by atoms with Crippen LogP contribution in [0.4, 0.5) is 0 Å². The van der Waals surface area contributed by atoms with Gasteiger partial charge in [0.2, 0.25) is 0 Å². The number of likely N-dealkylation sites (tertiary alicyclic amines) is 1. The van der Waals surface area contributed by atoms with Gasteiger partial charge in [-0.3, -0.25) is 4.79 Å². The van der Waals surface area contributed by atoms with Crippen LogP contribution in [0.3, 0.4) is 0 Å². The van der Waals surface area contributed by atoms with Crippen molar-refractivity contribution in [1.29, 1.82) is 0 Å². The van der Waals surface area contributed by atoms with Gasteiger partial charge in [-0.2, -0.15) is 11.8 Å². The van der Waals surface area contributed by atoms with Crippen LogP contribution in [0.15, 0.2) is 18.3 Å². The molecule has 1 saturated heterocycles. The molecule has 1 fully saturated rings. The third-order valence-corrected chi connectivity index (χ3v) is 5.48. The number of hydrogen-bond acceptors (Lipinski definition) is 4. The van der Waals surface area contributed by atoms with Crippen molar-refractivity contribution < 1.29 is 4.79 Å². The van der Waals surface area contributed by atoms with Gasteiger partial charge in [0.15, 0.2) is 5.69 Å². The Balaban J connectivity index is 1.85. The first-order valence-electron chi connectivity index (χ1n) is 9.18. The SMILES string of the molecule is CSCCCNCc1c(C(=O)N2CCCCC2)nc2c(C)cccn12. The summed E-state index contributed by atoms with van der Waals surface area (Å²) in [4.78, 5) is 19.8. The van der Waals surface area contributed by atoms with Gasteiger partial charge in [-0.15, -0.1) is 0 Å². The van der Waals surface area contributed by atoms with Crippen LogP contribution in [-0.4, -0.2) is 51.8 Å². The zero-order chi connectivity index (χ0) is 17.6. The quantitative estimate of drug-likeness (QED) is 0.771. The smallest absolute Gasteiger partial charge is 0.274 e. The Kier molecular flexibility index (Phi) is 6.37. The van der Waals surface area contributed by atoms with E-state index >= 15 is 0 Å². The number of hydrogen-bond donors (Lipinski definition) is 1. The van der Waals surface area contributed by atoms with Crippen LogP contribution in [0.5, 0.6) is 0 Å². The van der Waals surface area contributed by atoms with E-state index in [0.717, 1.165) is 61.6 Å². The summed E-state index contributed by atoms with van der Waals surface area (Å²) >= 11 is 1.86. The van der Waals surface area contributed by atoms with Gasteiger partial charge < -0.3 is 14.6 Å². The fraction of sp³-hybridized carbons (Fsp3) is 0.579. The minimum Gasteiger partial charge on any atom is -0.337 e. The van der Waals surface area contributed by atoms with Gasteiger partial charge in [0.1, 0.15) is 5.65 Å². The van der Waals surface area contributed by atoms with Crippen LogP contribution >= 0.6 is 11.8 Å². The number of pyridine rings is 1. The lowest BCUT2D eigenvalue weighted by Gasteiger charge is -2.26. The van der Waals surface area contributed by atoms with Crippen molar-refractivity contribution >= 4 is 23.3 Å². The predicted molar refractivity (Wildman–Crippen MR) is 104 cm³/mol. The van der Waals surface area contributed by atoms with E-state index in [-0.39, 0.29) is 5.91 Å². The molecule has 0 saturated carbocycles. The number of rotatable bonds is 7. The number of nitrogens with zero attached hydrogens (tertiary/aromatic N) is 3. The van der Waals surface area contributed by atoms with Crippen molar-refractivity contribution in [3.8, 4) is 0 Å². The summed E-state index contributed by atoms with van der Waals surface area (Å²) in [6.07, 6.45) is 8.69. The van der Waals surface area contributed by atoms with Gasteiger partial charge in [0.05, 0.1) is 5.69 Å². The highest BCUT2D eigenvalue weighted by atomic mass is 32.2. The molecule has 1 aliphatic rings. The van der Waals surface area contributed by atoms with Crippen LogP contribution < -0.4 is 5.32 Å². The number of amides is 1. The zero-order valence-electron chi connectivity index (χ0n) is 15.3. The Hall–Kier alpha value is -1.53. The molecule has 0 bridgehead atoms. The monoisotopic (exact) mass is 360 g/mol. The van der Waals surface area contributed by atoms with Crippen LogP contribution in [0, 0.1) is 6.92 Å². The van der Waals surface area contributed by atoms with Crippen molar-refractivity contribution in [3.63, 3.8) is 0 Å². The van der Waals surface area contributed by atoms with E-state index in [1.165, 1.54) is 6.42 Å². The van der Waals surface area contributed by atoms with Gasteiger partial charge in [-0.25, -0.2) is 4.98 Å². The molecule has 3 heterocycles. The van der Waals surface area contributed by atoms with E-state index in [1.807, 2.05) is 41.9 Å². The number of aryl methyl sites for hydroxylation is 1. The first-order valence-corrected chi connectivity index (χ1v) is 10.6. The number of nitrogens with one attached hydrogen (secondary N) is 1. The molecule has 0 spiro atoms. The van der Waals surface area contributed by atoms with Crippen molar-refractivity contribution in [2.45, 2.75) is 39.2 Å². The molecule has 1 N–H and O–H groups in total. The summed E-state index contributed by atoms with van der Waals surface area (Å²) in [7, 11) is 0. The second-order valence-corrected chi connectivity index (χ2v) is 7.65. The van der Waals surface area contributed by atoms with Crippen LogP contribution in [0.2, 0.25) is 0 Å². The Morgan fingerprint density at radius 1 is 1.32 bits per heavy atom. The number of carbonyl (C=O) groups is 1. The molecule has 6 heteroatoms. The van der Waals surface area contributed by atoms with Crippen LogP contribution in [-0.2, 0) is 6.54 Å². The first-order chi connectivity index (χ1) is 12.2. The van der Waals surface area contributed by atoms with Gasteiger partial charge in [0, 0.05) is 25.8 Å². The molecule has 5 nitrogen and oxygen atoms in total. The highest BCUT2D eigenvalue weighted by Crippen LogP contribution is 2.20. The number of thioether (sulfide) groups is 1. The summed E-state index contributed by atoms with van der Waals surface area (Å²) in [5, 5.41) is 3.49. The Morgan fingerprint density at radius 2 is 2.12 bits per heavy atom. The van der Waals surface area contributed by atoms with Gasteiger partial charge in [-0.1, -0.05) is 6.07 Å². The molecule has 1 amide bonds. The van der Waals surface area contributed by atoms with E-state index in [9.17, 15) is 4.79 Å². The molecule has 136 valence electrons. The molecular weight excluding hydrogens is 332 g/mol. The number of fused-ring (bicyclic) bond motifs is 1. The Labute approximate surface area is 154 Å². The summed E-state index contributed by atoms with van der Waals surface area (Å²) in [6, 6.07) is 4.07. The van der Waals surface area contributed by atoms with Gasteiger partial charge >= 0.3 is 0 Å². The minimum atomic E-state index is 0.0868. The fourth-order valence-corrected chi connectivity index (χ4v) is 3.82. The number of piperidine rings is 1. The van der Waals surface area contributed by atoms with Crippen LogP contribution in [0.1, 0.15) is 47.4 Å². The van der Waals surface area contributed by atoms with Crippen molar-refractivity contribution in [2.24, 2.45) is 0 Å². The molecule has 25 heavy (non-hydrogen) atoms. The number of imidazole rings is 1. The largest absolute Gasteiger partial charge is 0.337 e. The third-order valence-electron chi connectivity index (χ3n) is 4.78. The van der Waals surface area contributed by atoms with Gasteiger partial charge in [-0.05, 0) is 62.8 Å². The highest BCUT2D eigenvalue weighted by molar-refractivity contribution is 7.98. The number of aromatic nitrogens is 2. The van der Waals surface area contributed by atoms with Crippen molar-refractivity contribution in [2.75, 3.05) is 31.6 Å². The second kappa shape index (κ2) is 8.72. The van der Waals surface area contributed by atoms with E-state index in [2.05, 4.69) is 16.0 Å². The second-order valence-electron chi connectivity index (χ2n) is 6.67. The van der Waals surface area contributed by atoms with E-state index < -0.39 is 0 Å². The van der Waals surface area contributed by atoms with E-state index in [1.54, 1.807) is 0 Å². The van der Waals surface area contributed by atoms with Gasteiger partial charge in [0.25, 0.3) is 5.91 Å². The maximum atomic E-state index is 13.1. The molecule has 0 aliphatic carbocycles. The average Bonchev–Trinajstić information content (AvgIpc) is 3.02. The lowest BCUT2D eigenvalue weighted by molar-refractivity contribution is 0.0717. The summed E-state index contributed by atoms with van der Waals surface area (Å²) in [6.45, 7) is 5.39. The third kappa shape index (κ3) is 4.18. The topological polar surface area (TPSA) is 49.6 Å². The van der Waals surface area contributed by atoms with E-state index in [0.29, 0.717) is 12.2 Å². The lowest BCUT2D eigenvalue weighted by atomic mass is 10.1. The maximum Gasteiger partial charge on any atom is 0.274 e. The highest BCUT2D eigenvalue weighted by Gasteiger charge is 2.25. The maximum absolute atomic E-state index is 13.1. The molecule has 2 aromatic heterocycles. The minimum absolute atomic E-state index is 0.0868. The average molecular weight is 361 g/mol. The standard InChI is InChI=1S/C19H28N4OS/c1-15-8-6-12-23-16(14-20-9-7-13-25-2)17(21-18(15)23)19(24)22-10-4-3-5-11-22/h6,8,12,20H,3-5,7,9-11,13-14H2,1-2H3. The molecule has 1 aliphatic heterocycles. The summed E-state index contributed by atoms with van der Waals surface area (Å²) < 4.78 is 2.08. The van der Waals surface area contributed by atoms with Crippen molar-refractivity contribution in [3.05, 3.63) is 35.3 Å². The Morgan fingerprint density at radius 3 is 2.88 bits per heavy atom. The normalized spacial score (nSPS) is 15.0. The lowest BCUT2D eigenvalue weighted by Crippen LogP contribution is -2.36. The molecular formula is C19H28N4OS. The van der Waals surface area contributed by atoms with E-state index in [4.69, 9.17) is 4.98 Å². The molecule has 2 aromatic rings. The zero-order valence-corrected chi connectivity index (χ0v) is 16.1. The van der Waals surface area contributed by atoms with Crippen molar-refractivity contribution in [1.82, 2.24) is 19.6 Å². The summed E-state index contributed by atoms with van der Waals surface area (Å²) in [5.41, 5.74) is 3.60. The molecule has 0 atom stereocenters.